The lowest BCUT2D eigenvalue weighted by atomic mass is 10.3. The Bertz CT molecular complexity index is 421. The minimum atomic E-state index is -3.16. The van der Waals surface area contributed by atoms with E-state index in [9.17, 15) is 9.36 Å². The van der Waals surface area contributed by atoms with Gasteiger partial charge in [0, 0.05) is 6.16 Å². The van der Waals surface area contributed by atoms with Gasteiger partial charge in [-0.3, -0.25) is 9.36 Å². The van der Waals surface area contributed by atoms with Crippen LogP contribution in [0, 0.1) is 0 Å². The molecule has 0 aliphatic heterocycles. The molecule has 0 saturated heterocycles. The van der Waals surface area contributed by atoms with Crippen LogP contribution in [0.1, 0.15) is 13.8 Å². The highest BCUT2D eigenvalue weighted by molar-refractivity contribution is 7.57. The van der Waals surface area contributed by atoms with Crippen molar-refractivity contribution in [3.63, 3.8) is 0 Å². The predicted octanol–water partition coefficient (Wildman–Crippen LogP) is 2.34. The van der Waals surface area contributed by atoms with Gasteiger partial charge in [-0.2, -0.15) is 0 Å². The first-order valence-electron chi connectivity index (χ1n) is 5.31. The Morgan fingerprint density at radius 2 is 2.06 bits per heavy atom. The molecule has 1 rings (SSSR count). The van der Waals surface area contributed by atoms with E-state index in [2.05, 4.69) is 5.09 Å². The van der Waals surface area contributed by atoms with Gasteiger partial charge >= 0.3 is 13.5 Å². The first-order chi connectivity index (χ1) is 7.97. The predicted molar refractivity (Wildman–Crippen MR) is 65.5 cm³/mol. The zero-order chi connectivity index (χ0) is 12.9. The fourth-order valence-corrected chi connectivity index (χ4v) is 2.71. The maximum absolute atomic E-state index is 12.3. The van der Waals surface area contributed by atoms with E-state index in [1.165, 1.54) is 6.92 Å². The van der Waals surface area contributed by atoms with Crippen molar-refractivity contribution in [2.75, 3.05) is 6.16 Å². The fraction of sp³-hybridized carbons (Fsp3) is 0.364. The van der Waals surface area contributed by atoms with Crippen LogP contribution in [-0.2, 0) is 9.36 Å². The first kappa shape index (κ1) is 13.7. The van der Waals surface area contributed by atoms with Gasteiger partial charge in [0.2, 0.25) is 0 Å². The topological polar surface area (TPSA) is 75.6 Å². The standard InChI is InChI=1S/C11H16NO4P/c1-3-17(15,12-9(2)11(13)14)16-10-7-5-4-6-8-10/h4-9H,3H2,1-2H3,(H,12,15)(H,13,14). The molecule has 5 nitrogen and oxygen atoms in total. The molecule has 1 aromatic rings. The molecular formula is C11H16NO4P. The van der Waals surface area contributed by atoms with Crippen molar-refractivity contribution < 1.29 is 19.0 Å². The van der Waals surface area contributed by atoms with Crippen LogP contribution >= 0.6 is 7.52 Å². The third kappa shape index (κ3) is 4.21. The Balaban J connectivity index is 2.76. The number of aliphatic carboxylic acids is 1. The van der Waals surface area contributed by atoms with Crippen LogP contribution in [0.2, 0.25) is 0 Å². The number of carboxylic acids is 1. The minimum Gasteiger partial charge on any atom is -0.480 e. The average molecular weight is 257 g/mol. The summed E-state index contributed by atoms with van der Waals surface area (Å²) < 4.78 is 17.6. The molecule has 2 unspecified atom stereocenters. The summed E-state index contributed by atoms with van der Waals surface area (Å²) in [4.78, 5) is 10.7. The molecule has 2 atom stereocenters. The van der Waals surface area contributed by atoms with Gasteiger partial charge in [-0.1, -0.05) is 25.1 Å². The summed E-state index contributed by atoms with van der Waals surface area (Å²) in [6, 6.07) is 7.78. The summed E-state index contributed by atoms with van der Waals surface area (Å²) in [7, 11) is -3.16. The number of rotatable bonds is 6. The number of hydrogen-bond donors (Lipinski definition) is 2. The van der Waals surface area contributed by atoms with E-state index in [0.717, 1.165) is 0 Å². The van der Waals surface area contributed by atoms with Crippen molar-refractivity contribution in [3.05, 3.63) is 30.3 Å². The van der Waals surface area contributed by atoms with Crippen molar-refractivity contribution >= 4 is 13.5 Å². The first-order valence-corrected chi connectivity index (χ1v) is 7.12. The number of carbonyl (C=O) groups is 1. The second kappa shape index (κ2) is 5.84. The smallest absolute Gasteiger partial charge is 0.320 e. The van der Waals surface area contributed by atoms with Crippen molar-refractivity contribution in [3.8, 4) is 5.75 Å². The van der Waals surface area contributed by atoms with E-state index in [0.29, 0.717) is 5.75 Å². The molecule has 1 aromatic carbocycles. The maximum atomic E-state index is 12.3. The molecule has 94 valence electrons. The Morgan fingerprint density at radius 1 is 1.47 bits per heavy atom. The quantitative estimate of drug-likeness (QED) is 0.765. The molecular weight excluding hydrogens is 241 g/mol. The van der Waals surface area contributed by atoms with Crippen LogP contribution in [0.5, 0.6) is 5.75 Å². The van der Waals surface area contributed by atoms with E-state index in [4.69, 9.17) is 9.63 Å². The second-order valence-electron chi connectivity index (χ2n) is 3.58. The molecule has 0 amide bonds. The number of nitrogens with one attached hydrogen (secondary N) is 1. The molecule has 2 N–H and O–H groups in total. The van der Waals surface area contributed by atoms with Crippen LogP contribution in [0.25, 0.3) is 0 Å². The van der Waals surface area contributed by atoms with E-state index < -0.39 is 19.5 Å². The van der Waals surface area contributed by atoms with E-state index in [1.54, 1.807) is 31.2 Å². The Hall–Kier alpha value is -1.32. The Labute approximate surface area is 100 Å². The summed E-state index contributed by atoms with van der Waals surface area (Å²) in [5.41, 5.74) is 0. The summed E-state index contributed by atoms with van der Waals surface area (Å²) in [6.45, 7) is 3.12. The number of benzene rings is 1. The SMILES string of the molecule is CCP(=O)(NC(C)C(=O)O)Oc1ccccc1. The Kier molecular flexibility index (Phi) is 4.73. The highest BCUT2D eigenvalue weighted by atomic mass is 31.2. The molecule has 0 aromatic heterocycles. The molecule has 0 saturated carbocycles. The third-order valence-corrected chi connectivity index (χ3v) is 4.29. The van der Waals surface area contributed by atoms with Gasteiger partial charge in [0.15, 0.2) is 0 Å². The van der Waals surface area contributed by atoms with Crippen LogP contribution in [0.15, 0.2) is 30.3 Å². The van der Waals surface area contributed by atoms with Gasteiger partial charge in [0.1, 0.15) is 11.8 Å². The number of carboxylic acid groups (broad SMARTS) is 1. The molecule has 0 spiro atoms. The molecule has 17 heavy (non-hydrogen) atoms. The zero-order valence-electron chi connectivity index (χ0n) is 9.79. The van der Waals surface area contributed by atoms with Crippen molar-refractivity contribution in [2.24, 2.45) is 0 Å². The normalized spacial score (nSPS) is 15.9. The van der Waals surface area contributed by atoms with E-state index in [-0.39, 0.29) is 6.16 Å². The van der Waals surface area contributed by atoms with Gasteiger partial charge in [-0.05, 0) is 19.1 Å². The van der Waals surface area contributed by atoms with E-state index >= 15 is 0 Å². The largest absolute Gasteiger partial charge is 0.480 e. The lowest BCUT2D eigenvalue weighted by molar-refractivity contribution is -0.138. The van der Waals surface area contributed by atoms with Crippen LogP contribution < -0.4 is 9.61 Å². The summed E-state index contributed by atoms with van der Waals surface area (Å²) in [5.74, 6) is -0.599. The molecule has 0 fully saturated rings. The van der Waals surface area contributed by atoms with Gasteiger partial charge in [0.05, 0.1) is 0 Å². The van der Waals surface area contributed by atoms with Crippen molar-refractivity contribution in [2.45, 2.75) is 19.9 Å². The molecule has 0 bridgehead atoms. The highest BCUT2D eigenvalue weighted by Gasteiger charge is 2.27. The van der Waals surface area contributed by atoms with Crippen LogP contribution in [-0.4, -0.2) is 23.3 Å². The van der Waals surface area contributed by atoms with Crippen molar-refractivity contribution in [1.82, 2.24) is 5.09 Å². The van der Waals surface area contributed by atoms with Gasteiger partial charge in [0.25, 0.3) is 0 Å². The van der Waals surface area contributed by atoms with Crippen molar-refractivity contribution in [1.29, 1.82) is 0 Å². The average Bonchev–Trinajstić information content (AvgIpc) is 2.30. The van der Waals surface area contributed by atoms with Crippen LogP contribution in [0.4, 0.5) is 0 Å². The van der Waals surface area contributed by atoms with Gasteiger partial charge < -0.3 is 9.63 Å². The van der Waals surface area contributed by atoms with E-state index in [1.807, 2.05) is 6.07 Å². The number of hydrogen-bond acceptors (Lipinski definition) is 3. The highest BCUT2D eigenvalue weighted by Crippen LogP contribution is 2.42. The molecule has 0 aliphatic rings. The summed E-state index contributed by atoms with van der Waals surface area (Å²) in [6.07, 6.45) is 0.222. The number of para-hydroxylation sites is 1. The lowest BCUT2D eigenvalue weighted by Gasteiger charge is -2.21. The van der Waals surface area contributed by atoms with Gasteiger partial charge in [-0.15, -0.1) is 0 Å². The lowest BCUT2D eigenvalue weighted by Crippen LogP contribution is -2.33. The summed E-state index contributed by atoms with van der Waals surface area (Å²) in [5, 5.41) is 11.3. The fourth-order valence-electron chi connectivity index (χ4n) is 1.18. The van der Waals surface area contributed by atoms with Crippen LogP contribution in [0.3, 0.4) is 0 Å². The molecule has 0 heterocycles. The Morgan fingerprint density at radius 3 is 2.53 bits per heavy atom. The maximum Gasteiger partial charge on any atom is 0.320 e. The molecule has 0 aliphatic carbocycles. The summed E-state index contributed by atoms with van der Waals surface area (Å²) >= 11 is 0. The second-order valence-corrected chi connectivity index (χ2v) is 6.00. The minimum absolute atomic E-state index is 0.222. The molecule has 6 heteroatoms. The molecule has 0 radical (unpaired) electrons. The third-order valence-electron chi connectivity index (χ3n) is 2.17. The van der Waals surface area contributed by atoms with Gasteiger partial charge in [-0.25, -0.2) is 5.09 Å². The monoisotopic (exact) mass is 257 g/mol. The zero-order valence-corrected chi connectivity index (χ0v) is 10.7.